The molecule has 8 heteroatoms. The van der Waals surface area contributed by atoms with E-state index in [9.17, 15) is 14.4 Å². The molecule has 1 heterocycles. The van der Waals surface area contributed by atoms with E-state index in [4.69, 9.17) is 15.6 Å². The number of methoxy groups -OCH3 is 1. The molecule has 0 aromatic heterocycles. The Hall–Kier alpha value is -1.83. The minimum atomic E-state index is -1.17. The van der Waals surface area contributed by atoms with Gasteiger partial charge in [0.2, 0.25) is 5.91 Å². The zero-order valence-electron chi connectivity index (χ0n) is 10.8. The highest BCUT2D eigenvalue weighted by molar-refractivity contribution is 5.83. The number of urea groups is 1. The van der Waals surface area contributed by atoms with E-state index >= 15 is 0 Å². The van der Waals surface area contributed by atoms with Gasteiger partial charge in [0.1, 0.15) is 0 Å². The molecule has 8 nitrogen and oxygen atoms in total. The molecule has 3 amide bonds. The molecule has 0 saturated carbocycles. The summed E-state index contributed by atoms with van der Waals surface area (Å²) in [5.74, 6) is -1.98. The van der Waals surface area contributed by atoms with Gasteiger partial charge in [0.15, 0.2) is 6.04 Å². The van der Waals surface area contributed by atoms with E-state index in [1.165, 1.54) is 12.0 Å². The first kappa shape index (κ1) is 15.2. The third-order valence-electron chi connectivity index (χ3n) is 3.04. The molecular formula is C11H19N3O5. The van der Waals surface area contributed by atoms with Crippen molar-refractivity contribution in [3.05, 3.63) is 0 Å². The first-order valence-corrected chi connectivity index (χ1v) is 6.02. The predicted octanol–water partition coefficient (Wildman–Crippen LogP) is -1.01. The molecular weight excluding hydrogens is 254 g/mol. The van der Waals surface area contributed by atoms with Crippen LogP contribution in [0, 0.1) is 5.92 Å². The second kappa shape index (κ2) is 6.93. The number of primary amides is 1. The molecule has 1 rings (SSSR count). The molecule has 4 N–H and O–H groups in total. The molecule has 0 aromatic rings. The highest BCUT2D eigenvalue weighted by atomic mass is 16.5. The Labute approximate surface area is 110 Å². The lowest BCUT2D eigenvalue weighted by atomic mass is 9.98. The number of carbonyl (C=O) groups is 3. The molecule has 1 aliphatic rings. The van der Waals surface area contributed by atoms with Gasteiger partial charge in [0.05, 0.1) is 12.5 Å². The molecule has 0 bridgehead atoms. The predicted molar refractivity (Wildman–Crippen MR) is 65.3 cm³/mol. The van der Waals surface area contributed by atoms with E-state index in [1.54, 1.807) is 0 Å². The number of aliphatic carboxylic acids is 1. The zero-order chi connectivity index (χ0) is 14.4. The fourth-order valence-corrected chi connectivity index (χ4v) is 1.98. The van der Waals surface area contributed by atoms with Crippen molar-refractivity contribution in [1.82, 2.24) is 10.2 Å². The summed E-state index contributed by atoms with van der Waals surface area (Å²) < 4.78 is 4.72. The molecule has 1 saturated heterocycles. The van der Waals surface area contributed by atoms with Crippen LogP contribution < -0.4 is 11.1 Å². The molecule has 1 aliphatic heterocycles. The number of piperidine rings is 1. The van der Waals surface area contributed by atoms with Crippen LogP contribution in [-0.4, -0.2) is 60.8 Å². The minimum absolute atomic E-state index is 0.117. The summed E-state index contributed by atoms with van der Waals surface area (Å²) in [4.78, 5) is 35.3. The lowest BCUT2D eigenvalue weighted by molar-refractivity contribution is -0.140. The molecule has 108 valence electrons. The standard InChI is InChI=1S/C11H19N3O5/c1-19-6-8(10(16)17)13-11(18)14-4-2-3-7(5-14)9(12)15/h7-8H,2-6H2,1H3,(H2,12,15)(H,13,18)(H,16,17). The van der Waals surface area contributed by atoms with E-state index in [2.05, 4.69) is 5.32 Å². The number of nitrogens with two attached hydrogens (primary N) is 1. The van der Waals surface area contributed by atoms with E-state index in [1.807, 2.05) is 0 Å². The van der Waals surface area contributed by atoms with Crippen LogP contribution in [0.4, 0.5) is 4.79 Å². The summed E-state index contributed by atoms with van der Waals surface area (Å²) in [6.45, 7) is 0.587. The summed E-state index contributed by atoms with van der Waals surface area (Å²) in [6, 6.07) is -1.62. The molecule has 0 aromatic carbocycles. The summed E-state index contributed by atoms with van der Waals surface area (Å²) in [5.41, 5.74) is 5.22. The summed E-state index contributed by atoms with van der Waals surface area (Å²) >= 11 is 0. The molecule has 0 aliphatic carbocycles. The van der Waals surface area contributed by atoms with Crippen LogP contribution in [0.5, 0.6) is 0 Å². The van der Waals surface area contributed by atoms with Crippen LogP contribution in [0.3, 0.4) is 0 Å². The summed E-state index contributed by atoms with van der Waals surface area (Å²) in [6.07, 6.45) is 1.32. The largest absolute Gasteiger partial charge is 0.480 e. The maximum atomic E-state index is 11.9. The number of ether oxygens (including phenoxy) is 1. The maximum absolute atomic E-state index is 11.9. The van der Waals surface area contributed by atoms with Gasteiger partial charge in [-0.3, -0.25) is 4.79 Å². The smallest absolute Gasteiger partial charge is 0.328 e. The fourth-order valence-electron chi connectivity index (χ4n) is 1.98. The SMILES string of the molecule is COCC(NC(=O)N1CCCC(C(N)=O)C1)C(=O)O. The number of carboxylic acids is 1. The van der Waals surface area contributed by atoms with Gasteiger partial charge in [-0.05, 0) is 12.8 Å². The zero-order valence-corrected chi connectivity index (χ0v) is 10.8. The van der Waals surface area contributed by atoms with Crippen LogP contribution in [0.2, 0.25) is 0 Å². The molecule has 1 fully saturated rings. The number of amides is 3. The van der Waals surface area contributed by atoms with Crippen molar-refractivity contribution in [2.24, 2.45) is 11.7 Å². The van der Waals surface area contributed by atoms with E-state index in [-0.39, 0.29) is 19.1 Å². The van der Waals surface area contributed by atoms with Crippen molar-refractivity contribution >= 4 is 17.9 Å². The molecule has 0 spiro atoms. The van der Waals surface area contributed by atoms with Crippen LogP contribution in [-0.2, 0) is 14.3 Å². The maximum Gasteiger partial charge on any atom is 0.328 e. The second-order valence-corrected chi connectivity index (χ2v) is 4.48. The average molecular weight is 273 g/mol. The Balaban J connectivity index is 2.56. The Kier molecular flexibility index (Phi) is 5.56. The van der Waals surface area contributed by atoms with Gasteiger partial charge in [-0.25, -0.2) is 9.59 Å². The van der Waals surface area contributed by atoms with Gasteiger partial charge in [-0.15, -0.1) is 0 Å². The van der Waals surface area contributed by atoms with Crippen molar-refractivity contribution in [3.63, 3.8) is 0 Å². The first-order chi connectivity index (χ1) is 8.95. The highest BCUT2D eigenvalue weighted by Gasteiger charge is 2.29. The fraction of sp³-hybridized carbons (Fsp3) is 0.727. The monoisotopic (exact) mass is 273 g/mol. The third kappa shape index (κ3) is 4.40. The molecule has 19 heavy (non-hydrogen) atoms. The lowest BCUT2D eigenvalue weighted by Crippen LogP contribution is -2.53. The number of nitrogens with zero attached hydrogens (tertiary/aromatic N) is 1. The molecule has 2 unspecified atom stereocenters. The Morgan fingerprint density at radius 2 is 2.21 bits per heavy atom. The van der Waals surface area contributed by atoms with Gasteiger partial charge < -0.3 is 25.8 Å². The Morgan fingerprint density at radius 3 is 2.74 bits per heavy atom. The van der Waals surface area contributed by atoms with E-state index in [0.29, 0.717) is 19.4 Å². The normalized spacial score (nSPS) is 20.7. The molecule has 0 radical (unpaired) electrons. The van der Waals surface area contributed by atoms with Gasteiger partial charge in [-0.2, -0.15) is 0 Å². The topological polar surface area (TPSA) is 122 Å². The van der Waals surface area contributed by atoms with E-state index in [0.717, 1.165) is 0 Å². The summed E-state index contributed by atoms with van der Waals surface area (Å²) in [5, 5.41) is 11.3. The number of hydrogen-bond donors (Lipinski definition) is 3. The number of carboxylic acid groups (broad SMARTS) is 1. The van der Waals surface area contributed by atoms with Crippen LogP contribution >= 0.6 is 0 Å². The van der Waals surface area contributed by atoms with Crippen LogP contribution in [0.15, 0.2) is 0 Å². The number of carbonyl (C=O) groups excluding carboxylic acids is 2. The van der Waals surface area contributed by atoms with Crippen molar-refractivity contribution in [1.29, 1.82) is 0 Å². The molecule has 2 atom stereocenters. The number of hydrogen-bond acceptors (Lipinski definition) is 4. The summed E-state index contributed by atoms with van der Waals surface area (Å²) in [7, 11) is 1.35. The highest BCUT2D eigenvalue weighted by Crippen LogP contribution is 2.15. The lowest BCUT2D eigenvalue weighted by Gasteiger charge is -2.32. The third-order valence-corrected chi connectivity index (χ3v) is 3.04. The number of rotatable bonds is 5. The van der Waals surface area contributed by atoms with Crippen molar-refractivity contribution in [3.8, 4) is 0 Å². The average Bonchev–Trinajstić information content (AvgIpc) is 2.38. The number of likely N-dealkylation sites (tertiary alicyclic amines) is 1. The van der Waals surface area contributed by atoms with Crippen molar-refractivity contribution < 1.29 is 24.2 Å². The van der Waals surface area contributed by atoms with Crippen LogP contribution in [0.25, 0.3) is 0 Å². The van der Waals surface area contributed by atoms with Crippen molar-refractivity contribution in [2.45, 2.75) is 18.9 Å². The van der Waals surface area contributed by atoms with E-state index < -0.39 is 23.9 Å². The van der Waals surface area contributed by atoms with Gasteiger partial charge in [-0.1, -0.05) is 0 Å². The van der Waals surface area contributed by atoms with Gasteiger partial charge in [0, 0.05) is 20.2 Å². The van der Waals surface area contributed by atoms with Crippen LogP contribution in [0.1, 0.15) is 12.8 Å². The Bertz CT molecular complexity index is 360. The van der Waals surface area contributed by atoms with Gasteiger partial charge in [0.25, 0.3) is 0 Å². The Morgan fingerprint density at radius 1 is 1.53 bits per heavy atom. The minimum Gasteiger partial charge on any atom is -0.480 e. The number of nitrogens with one attached hydrogen (secondary N) is 1. The first-order valence-electron chi connectivity index (χ1n) is 6.02. The second-order valence-electron chi connectivity index (χ2n) is 4.48. The van der Waals surface area contributed by atoms with Crippen molar-refractivity contribution in [2.75, 3.05) is 26.8 Å². The quantitative estimate of drug-likeness (QED) is 0.592. The van der Waals surface area contributed by atoms with Gasteiger partial charge >= 0.3 is 12.0 Å².